The van der Waals surface area contributed by atoms with Gasteiger partial charge in [-0.05, 0) is 184 Å². The Hall–Kier alpha value is -13.3. The summed E-state index contributed by atoms with van der Waals surface area (Å²) < 4.78 is 51.5. The van der Waals surface area contributed by atoms with E-state index in [0.29, 0.717) is 51.3 Å². The third-order valence-corrected chi connectivity index (χ3v) is 26.2. The van der Waals surface area contributed by atoms with Crippen LogP contribution in [0.3, 0.4) is 0 Å². The molecule has 8 N–H and O–H groups in total. The molecule has 0 radical (unpaired) electrons. The first-order valence-corrected chi connectivity index (χ1v) is 50.3. The van der Waals surface area contributed by atoms with E-state index in [0.717, 1.165) is 97.2 Å². The van der Waals surface area contributed by atoms with Crippen molar-refractivity contribution in [1.29, 1.82) is 0 Å². The molecule has 13 aromatic rings. The number of carboxylic acid groups (broad SMARTS) is 1. The van der Waals surface area contributed by atoms with Crippen molar-refractivity contribution in [2.75, 3.05) is 57.7 Å². The number of nitrogens with zero attached hydrogens (tertiary/aromatic N) is 6. The van der Waals surface area contributed by atoms with Gasteiger partial charge in [0.05, 0.1) is 86.8 Å². The molecule has 7 heterocycles. The Morgan fingerprint density at radius 1 is 0.456 bits per heavy atom. The molecule has 4 aliphatic rings. The number of carboxylic acids is 1. The van der Waals surface area contributed by atoms with Crippen molar-refractivity contribution in [3.63, 3.8) is 0 Å². The molecule has 6 atom stereocenters. The number of carbonyl (C=O) groups is 8. The normalized spacial score (nSPS) is 16.8. The first kappa shape index (κ1) is 116. The molecule has 149 heavy (non-hydrogen) atoms. The van der Waals surface area contributed by atoms with Gasteiger partial charge in [-0.3, -0.25) is 24.4 Å². The molecule has 7 amide bonds. The molecular weight excluding hydrogens is 2040 g/mol. The zero-order chi connectivity index (χ0) is 106. The minimum atomic E-state index is -1.10. The number of nitrogens with one attached hydrogen (secondary N) is 4. The number of ether oxygens (including phenoxy) is 9. The molecule has 0 aliphatic carbocycles. The van der Waals surface area contributed by atoms with Crippen LogP contribution in [0.4, 0.5) is 35.3 Å². The Kier molecular flexibility index (Phi) is 43.5. The molecule has 0 bridgehead atoms. The van der Waals surface area contributed by atoms with Gasteiger partial charge in [0.2, 0.25) is 5.91 Å². The van der Waals surface area contributed by atoms with Crippen LogP contribution in [0.2, 0.25) is 0 Å². The minimum absolute atomic E-state index is 0. The second kappa shape index (κ2) is 55.8. The fourth-order valence-corrected chi connectivity index (χ4v) is 18.3. The fraction of sp³-hybridized carbons (Fsp3) is 0.322. The number of hydrogen-bond acceptors (Lipinski definition) is 20. The van der Waals surface area contributed by atoms with Gasteiger partial charge < -0.3 is 98.3 Å². The molecule has 2 unspecified atom stereocenters. The second-order valence-corrected chi connectivity index (χ2v) is 39.1. The summed E-state index contributed by atoms with van der Waals surface area (Å²) in [4.78, 5) is 115. The second-order valence-electron chi connectivity index (χ2n) is 37.4. The number of aliphatic hydroxyl groups excluding tert-OH is 3. The van der Waals surface area contributed by atoms with Crippen LogP contribution in [0.1, 0.15) is 121 Å². The predicted molar refractivity (Wildman–Crippen MR) is 574 cm³/mol. The molecule has 3 aromatic heterocycles. The molecule has 4 fully saturated rings. The van der Waals surface area contributed by atoms with Crippen molar-refractivity contribution < 1.29 is 131 Å². The van der Waals surface area contributed by atoms with E-state index in [9.17, 15) is 48.6 Å². The molecule has 17 rings (SSSR count). The van der Waals surface area contributed by atoms with Crippen molar-refractivity contribution in [3.8, 4) is 11.4 Å². The summed E-state index contributed by atoms with van der Waals surface area (Å²) in [5, 5.41) is 47.9. The van der Waals surface area contributed by atoms with Gasteiger partial charge in [-0.1, -0.05) is 284 Å². The van der Waals surface area contributed by atoms with Crippen molar-refractivity contribution in [2.45, 2.75) is 182 Å². The fourth-order valence-electron chi connectivity index (χ4n) is 17.4. The smallest absolute Gasteiger partial charge is 0.626 e. The summed E-state index contributed by atoms with van der Waals surface area (Å²) in [6.07, 6.45) is 8.53. The number of para-hydroxylation sites is 5. The van der Waals surface area contributed by atoms with Crippen LogP contribution in [0.25, 0.3) is 49.4 Å². The van der Waals surface area contributed by atoms with Crippen LogP contribution in [-0.2, 0) is 109 Å². The van der Waals surface area contributed by atoms with Crippen LogP contribution in [0.5, 0.6) is 0 Å². The molecule has 34 heteroatoms. The number of rotatable bonds is 28. The first-order chi connectivity index (χ1) is 71.1. The van der Waals surface area contributed by atoms with Gasteiger partial charge in [0, 0.05) is 67.9 Å². The molecular formula is C115H129Br2N10NaO21. The van der Waals surface area contributed by atoms with Gasteiger partial charge in [-0.25, -0.2) is 28.8 Å². The van der Waals surface area contributed by atoms with Crippen LogP contribution >= 0.6 is 31.9 Å². The summed E-state index contributed by atoms with van der Waals surface area (Å²) >= 11 is 6.77. The van der Waals surface area contributed by atoms with Crippen molar-refractivity contribution in [1.82, 2.24) is 39.9 Å². The van der Waals surface area contributed by atoms with Gasteiger partial charge >= 0.3 is 66.0 Å². The Labute approximate surface area is 907 Å². The number of amides is 7. The summed E-state index contributed by atoms with van der Waals surface area (Å²) in [7, 11) is 0. The van der Waals surface area contributed by atoms with E-state index in [-0.39, 0.29) is 131 Å². The molecule has 4 saturated heterocycles. The quantitative estimate of drug-likeness (QED) is 0.0128. The minimum Gasteiger partial charge on any atom is -0.626 e. The number of anilines is 1. The molecule has 0 saturated carbocycles. The van der Waals surface area contributed by atoms with Crippen molar-refractivity contribution in [3.05, 3.63) is 362 Å². The number of benzene rings is 10. The number of aromatic nitrogens is 3. The zero-order valence-corrected chi connectivity index (χ0v) is 91.0. The van der Waals surface area contributed by atoms with Gasteiger partial charge in [0.25, 0.3) is 0 Å². The Bertz CT molecular complexity index is 6610. The number of halogens is 2. The predicted octanol–water partition coefficient (Wildman–Crippen LogP) is 19.1. The van der Waals surface area contributed by atoms with Crippen LogP contribution < -0.4 is 39.8 Å². The van der Waals surface area contributed by atoms with Gasteiger partial charge in [0.1, 0.15) is 55.9 Å². The zero-order valence-electron chi connectivity index (χ0n) is 85.8. The molecule has 4 aliphatic heterocycles. The Morgan fingerprint density at radius 2 is 0.839 bits per heavy atom. The number of H-pyrrole nitrogens is 3. The summed E-state index contributed by atoms with van der Waals surface area (Å²) in [6, 6.07) is 84.6. The molecule has 31 nitrogen and oxygen atoms in total. The topological polar surface area (TPSA) is 390 Å². The van der Waals surface area contributed by atoms with Gasteiger partial charge in [-0.15, -0.1) is 5.69 Å². The number of alkyl carbamates (subject to hydrolysis) is 1. The molecule has 780 valence electrons. The first-order valence-electron chi connectivity index (χ1n) is 48.7. The van der Waals surface area contributed by atoms with Gasteiger partial charge in [-0.2, -0.15) is 0 Å². The number of hydrogen-bond donors (Lipinski definition) is 8. The van der Waals surface area contributed by atoms with Crippen molar-refractivity contribution >= 4 is 124 Å². The monoisotopic (exact) mass is 2170 g/mol. The summed E-state index contributed by atoms with van der Waals surface area (Å²) in [5.74, 6) is -1.27. The van der Waals surface area contributed by atoms with Crippen LogP contribution in [-0.4, -0.2) is 209 Å². The number of carbonyl (C=O) groups excluding carboxylic acids is 7. The molecule has 0 spiro atoms. The van der Waals surface area contributed by atoms with Crippen LogP contribution in [0.15, 0.2) is 312 Å². The SMILES string of the molecule is CC(=O)N(C/C=C/[C@@H]1COC(C)(C)N1C(=O)OCc1ccccc1)c1ccccc1Br.CC(=O)[N-]c1ccccc1Br.CC(CO)Cc1c(-c2[nH]c3ccccc3c2CC(CO)NC(=O)OCc2ccccc2)[nH]c2ccccc12.CC1(C)OC[C@@H](/C=C/CO)N1C(=O)OCc1ccccc1.CC1(C)OC[C@@H](C(=O)O)N1C(=O)OCc1ccccc1.CC1(C)OC[C@@H](Cc2c[nH]c3ccccc23)N1C(=O)OCc1ccccc1.[Na+]. The number of aromatic amines is 3. The van der Waals surface area contributed by atoms with E-state index >= 15 is 0 Å². The maximum absolute atomic E-state index is 12.9. The average Bonchev–Trinajstić information content (AvgIpc) is 1.60. The van der Waals surface area contributed by atoms with E-state index in [1.54, 1.807) is 51.7 Å². The van der Waals surface area contributed by atoms with E-state index in [1.807, 2.05) is 309 Å². The van der Waals surface area contributed by atoms with E-state index in [2.05, 4.69) is 81.7 Å². The van der Waals surface area contributed by atoms with Gasteiger partial charge in [0.15, 0.2) is 6.04 Å². The third-order valence-electron chi connectivity index (χ3n) is 24.8. The Morgan fingerprint density at radius 3 is 1.28 bits per heavy atom. The van der Waals surface area contributed by atoms with E-state index in [1.165, 1.54) is 24.8 Å². The Balaban J connectivity index is 0.000000175. The van der Waals surface area contributed by atoms with Crippen molar-refractivity contribution in [2.24, 2.45) is 5.92 Å². The number of aliphatic carboxylic acids is 1. The number of fused-ring (bicyclic) bond motifs is 3. The van der Waals surface area contributed by atoms with E-state index in [4.69, 9.17) is 52.8 Å². The summed E-state index contributed by atoms with van der Waals surface area (Å²) in [6.45, 7) is 21.7. The number of aliphatic hydroxyl groups is 3. The largest absolute Gasteiger partial charge is 1.00 e. The molecule has 10 aromatic carbocycles. The van der Waals surface area contributed by atoms with Crippen LogP contribution in [0, 0.1) is 5.92 Å². The summed E-state index contributed by atoms with van der Waals surface area (Å²) in [5.41, 5.74) is 11.1. The maximum atomic E-state index is 12.9. The van der Waals surface area contributed by atoms with E-state index < -0.39 is 65.3 Å². The average molecular weight is 2170 g/mol. The maximum Gasteiger partial charge on any atom is 1.00 e. The standard InChI is InChI=1S/C31H33N3O4.C24H27BrN2O4.C22H24N2O3.C16H21NO4.C14H17NO5.C8H8BrNO.Na/c1-20(17-35)15-25-23-11-5-7-13-27(23)33-29(25)30-26(24-12-6-8-14-28(24)34-30)16-22(18-36)32-31(37)38-19-21-9-3-2-4-10-21;1-18(28)26(22-14-8-7-13-21(22)25)15-9-12-20-17-31-24(2,3)27(20)23(29)30-16-19-10-5-4-6-11-19;1-22(2)24(21(25)26-14-16-8-4-3-5-9-16)18(15-27-22)12-17-13-23-20-11-7-6-10-19(17)20;1-16(2)17(14(12-21-16)9-6-10-18)15(19)20-11-13-7-4-3-5-8-13;1-14(2)15(11(9-20-14)12(16)17)13(18)19-8-10-6-4-3-5-7-10;1-6(11)10-8-5-3-2-4-7(8)9;/h2-14,20,22,33-36H,15-19H2,1H3,(H,32,37);4-14,20H,15-17H2,1-3H3;3-11,13,18,23H,12,14-15H2,1-2H3;3-9,14,18H,10-12H2,1-2H3;3-7,11H,8-9H2,1-2H3,(H,16,17);2-5H,1H3,(H,10,11);/q;;;;;;+1/p-1/b;12-9+;;9-6+;;;/t;20-;18-;14-;11-;;/m.1110../s1. The third kappa shape index (κ3) is 32.6.